The molecule has 2 unspecified atom stereocenters. The zero-order valence-electron chi connectivity index (χ0n) is 9.83. The van der Waals surface area contributed by atoms with E-state index in [4.69, 9.17) is 11.0 Å². The first-order valence-electron chi connectivity index (χ1n) is 5.22. The average Bonchev–Trinajstić information content (AvgIpc) is 2.37. The molecule has 0 amide bonds. The highest BCUT2D eigenvalue weighted by atomic mass is 16.5. The molecule has 0 aromatic heterocycles. The smallest absolute Gasteiger partial charge is 0.338 e. The Labute approximate surface area is 104 Å². The van der Waals surface area contributed by atoms with Crippen LogP contribution in [0.3, 0.4) is 0 Å². The number of ether oxygens (including phenoxy) is 1. The Balaban J connectivity index is 3.15. The fourth-order valence-electron chi connectivity index (χ4n) is 1.53. The lowest BCUT2D eigenvalue weighted by molar-refractivity contribution is 0.0202. The third-order valence-corrected chi connectivity index (χ3v) is 2.47. The molecular formula is C12H14N2O4. The summed E-state index contributed by atoms with van der Waals surface area (Å²) in [7, 11) is 1.20. The second-order valence-corrected chi connectivity index (χ2v) is 3.71. The van der Waals surface area contributed by atoms with Crippen molar-refractivity contribution in [3.8, 4) is 6.07 Å². The van der Waals surface area contributed by atoms with Crippen molar-refractivity contribution in [2.75, 3.05) is 12.8 Å². The zero-order valence-corrected chi connectivity index (χ0v) is 9.83. The van der Waals surface area contributed by atoms with Gasteiger partial charge in [-0.1, -0.05) is 6.07 Å². The molecule has 0 heterocycles. The first kappa shape index (κ1) is 14.0. The zero-order chi connectivity index (χ0) is 13.7. The molecule has 0 saturated heterocycles. The average molecular weight is 250 g/mol. The molecule has 1 rings (SSSR count). The van der Waals surface area contributed by atoms with Crippen molar-refractivity contribution >= 4 is 11.7 Å². The van der Waals surface area contributed by atoms with Gasteiger partial charge < -0.3 is 20.7 Å². The van der Waals surface area contributed by atoms with Crippen molar-refractivity contribution in [3.05, 3.63) is 29.3 Å². The first-order chi connectivity index (χ1) is 8.51. The van der Waals surface area contributed by atoms with Crippen LogP contribution in [0.15, 0.2) is 18.2 Å². The van der Waals surface area contributed by atoms with Crippen molar-refractivity contribution < 1.29 is 19.7 Å². The molecule has 6 nitrogen and oxygen atoms in total. The van der Waals surface area contributed by atoms with Gasteiger partial charge in [0.2, 0.25) is 0 Å². The van der Waals surface area contributed by atoms with Crippen LogP contribution in [0.1, 0.15) is 28.4 Å². The Morgan fingerprint density at radius 1 is 1.56 bits per heavy atom. The van der Waals surface area contributed by atoms with E-state index in [2.05, 4.69) is 4.74 Å². The molecular weight excluding hydrogens is 236 g/mol. The van der Waals surface area contributed by atoms with Crippen LogP contribution in [0, 0.1) is 11.3 Å². The summed E-state index contributed by atoms with van der Waals surface area (Å²) in [6.45, 7) is 0. The van der Waals surface area contributed by atoms with Crippen molar-refractivity contribution in [2.24, 2.45) is 0 Å². The molecule has 0 aliphatic heterocycles. The van der Waals surface area contributed by atoms with Gasteiger partial charge in [0.25, 0.3) is 0 Å². The van der Waals surface area contributed by atoms with Crippen molar-refractivity contribution in [2.45, 2.75) is 18.6 Å². The van der Waals surface area contributed by atoms with E-state index < -0.39 is 18.2 Å². The number of aliphatic hydroxyl groups is 2. The fourth-order valence-corrected chi connectivity index (χ4v) is 1.53. The Hall–Kier alpha value is -2.10. The number of aliphatic hydroxyl groups excluding tert-OH is 2. The van der Waals surface area contributed by atoms with Gasteiger partial charge in [-0.05, 0) is 17.7 Å². The molecule has 1 aromatic carbocycles. The number of nitriles is 1. The Kier molecular flexibility index (Phi) is 4.66. The molecule has 6 heteroatoms. The van der Waals surface area contributed by atoms with E-state index >= 15 is 0 Å². The summed E-state index contributed by atoms with van der Waals surface area (Å²) in [6, 6.07) is 6.01. The number of carbonyl (C=O) groups excluding carboxylic acids is 1. The fraction of sp³-hybridized carbons (Fsp3) is 0.333. The van der Waals surface area contributed by atoms with E-state index in [0.717, 1.165) is 0 Å². The first-order valence-corrected chi connectivity index (χ1v) is 5.22. The Morgan fingerprint density at radius 3 is 2.78 bits per heavy atom. The lowest BCUT2D eigenvalue weighted by atomic mass is 9.97. The number of nitrogens with zero attached hydrogens (tertiary/aromatic N) is 1. The van der Waals surface area contributed by atoms with Gasteiger partial charge in [-0.2, -0.15) is 5.26 Å². The van der Waals surface area contributed by atoms with Crippen LogP contribution in [0.25, 0.3) is 0 Å². The topological polar surface area (TPSA) is 117 Å². The minimum absolute atomic E-state index is 0.0713. The number of esters is 1. The van der Waals surface area contributed by atoms with E-state index in [0.29, 0.717) is 5.69 Å². The van der Waals surface area contributed by atoms with Gasteiger partial charge in [0.05, 0.1) is 31.3 Å². The van der Waals surface area contributed by atoms with Crippen LogP contribution in [0.5, 0.6) is 0 Å². The standard InChI is InChI=1S/C12H14N2O4/c1-18-12(17)9-6-7(14)2-3-8(9)11(16)10(15)4-5-13/h2-3,6,10-11,15-16H,4,14H2,1H3. The number of anilines is 1. The van der Waals surface area contributed by atoms with E-state index in [1.807, 2.05) is 0 Å². The van der Waals surface area contributed by atoms with Crippen LogP contribution in [0.2, 0.25) is 0 Å². The predicted molar refractivity (Wildman–Crippen MR) is 63.4 cm³/mol. The number of benzene rings is 1. The molecule has 96 valence electrons. The molecule has 0 radical (unpaired) electrons. The minimum atomic E-state index is -1.35. The van der Waals surface area contributed by atoms with E-state index in [1.165, 1.54) is 25.3 Å². The molecule has 0 saturated carbocycles. The molecule has 18 heavy (non-hydrogen) atoms. The van der Waals surface area contributed by atoms with Crippen molar-refractivity contribution in [3.63, 3.8) is 0 Å². The van der Waals surface area contributed by atoms with Crippen LogP contribution in [-0.4, -0.2) is 29.4 Å². The lowest BCUT2D eigenvalue weighted by Gasteiger charge is -2.18. The molecule has 2 atom stereocenters. The summed E-state index contributed by atoms with van der Waals surface area (Å²) in [4.78, 5) is 11.5. The highest BCUT2D eigenvalue weighted by Gasteiger charge is 2.24. The maximum atomic E-state index is 11.5. The van der Waals surface area contributed by atoms with Crippen LogP contribution >= 0.6 is 0 Å². The predicted octanol–water partition coefficient (Wildman–Crippen LogP) is 0.363. The number of rotatable bonds is 4. The largest absolute Gasteiger partial charge is 0.465 e. The van der Waals surface area contributed by atoms with E-state index in [-0.39, 0.29) is 17.5 Å². The number of nitrogens with two attached hydrogens (primary N) is 1. The van der Waals surface area contributed by atoms with Crippen molar-refractivity contribution in [1.29, 1.82) is 5.26 Å². The summed E-state index contributed by atoms with van der Waals surface area (Å²) >= 11 is 0. The molecule has 4 N–H and O–H groups in total. The summed E-state index contributed by atoms with van der Waals surface area (Å²) in [6.07, 6.45) is -2.87. The number of carbonyl (C=O) groups is 1. The number of nitrogen functional groups attached to an aromatic ring is 1. The van der Waals surface area contributed by atoms with Gasteiger partial charge in [0.15, 0.2) is 0 Å². The van der Waals surface area contributed by atoms with Gasteiger partial charge in [0.1, 0.15) is 6.10 Å². The molecule has 0 aliphatic rings. The second kappa shape index (κ2) is 6.00. The van der Waals surface area contributed by atoms with Gasteiger partial charge in [-0.15, -0.1) is 0 Å². The van der Waals surface area contributed by atoms with Crippen LogP contribution in [0.4, 0.5) is 5.69 Å². The highest BCUT2D eigenvalue weighted by Crippen LogP contribution is 2.25. The van der Waals surface area contributed by atoms with Gasteiger partial charge in [-0.25, -0.2) is 4.79 Å². The van der Waals surface area contributed by atoms with Gasteiger partial charge in [-0.3, -0.25) is 0 Å². The number of hydrogen-bond donors (Lipinski definition) is 3. The maximum absolute atomic E-state index is 11.5. The van der Waals surface area contributed by atoms with Gasteiger partial charge in [0, 0.05) is 5.69 Å². The SMILES string of the molecule is COC(=O)c1cc(N)ccc1C(O)C(O)CC#N. The molecule has 0 fully saturated rings. The third-order valence-electron chi connectivity index (χ3n) is 2.47. The van der Waals surface area contributed by atoms with E-state index in [9.17, 15) is 15.0 Å². The quantitative estimate of drug-likeness (QED) is 0.525. The summed E-state index contributed by atoms with van der Waals surface area (Å²) < 4.78 is 4.57. The minimum Gasteiger partial charge on any atom is -0.465 e. The summed E-state index contributed by atoms with van der Waals surface area (Å²) in [5.41, 5.74) is 6.14. The molecule has 1 aromatic rings. The molecule has 0 aliphatic carbocycles. The molecule has 0 bridgehead atoms. The second-order valence-electron chi connectivity index (χ2n) is 3.71. The van der Waals surface area contributed by atoms with Crippen molar-refractivity contribution in [1.82, 2.24) is 0 Å². The normalized spacial score (nSPS) is 13.4. The molecule has 0 spiro atoms. The highest BCUT2D eigenvalue weighted by molar-refractivity contribution is 5.92. The van der Waals surface area contributed by atoms with E-state index in [1.54, 1.807) is 6.07 Å². The summed E-state index contributed by atoms with van der Waals surface area (Å²) in [5.74, 6) is -0.666. The number of hydrogen-bond acceptors (Lipinski definition) is 6. The van der Waals surface area contributed by atoms with Crippen LogP contribution in [-0.2, 0) is 4.74 Å². The third kappa shape index (κ3) is 2.97. The van der Waals surface area contributed by atoms with Gasteiger partial charge >= 0.3 is 5.97 Å². The Bertz CT molecular complexity index is 481. The van der Waals surface area contributed by atoms with Crippen LogP contribution < -0.4 is 5.73 Å². The Morgan fingerprint density at radius 2 is 2.22 bits per heavy atom. The maximum Gasteiger partial charge on any atom is 0.338 e. The monoisotopic (exact) mass is 250 g/mol. The summed E-state index contributed by atoms with van der Waals surface area (Å²) in [5, 5.41) is 27.9. The lowest BCUT2D eigenvalue weighted by Crippen LogP contribution is -2.20. The number of methoxy groups -OCH3 is 1.